The molecule has 154 valence electrons. The average Bonchev–Trinajstić information content (AvgIpc) is 3.04. The lowest BCUT2D eigenvalue weighted by Gasteiger charge is -2.41. The number of anilines is 1. The summed E-state index contributed by atoms with van der Waals surface area (Å²) in [6.07, 6.45) is 3.87. The van der Waals surface area contributed by atoms with Gasteiger partial charge in [0.1, 0.15) is 17.6 Å². The van der Waals surface area contributed by atoms with E-state index in [0.717, 1.165) is 29.8 Å². The molecule has 2 aromatic rings. The van der Waals surface area contributed by atoms with E-state index in [-0.39, 0.29) is 11.5 Å². The minimum Gasteiger partial charge on any atom is -0.444 e. The van der Waals surface area contributed by atoms with Gasteiger partial charge in [0.05, 0.1) is 18.0 Å². The molecule has 0 bridgehead atoms. The van der Waals surface area contributed by atoms with E-state index >= 15 is 0 Å². The van der Waals surface area contributed by atoms with Crippen LogP contribution in [0.3, 0.4) is 0 Å². The summed E-state index contributed by atoms with van der Waals surface area (Å²) in [5, 5.41) is 6.02. The predicted molar refractivity (Wildman–Crippen MR) is 110 cm³/mol. The number of alkyl carbamates (subject to hydrolysis) is 1. The van der Waals surface area contributed by atoms with Gasteiger partial charge in [-0.15, -0.1) is 0 Å². The van der Waals surface area contributed by atoms with Crippen LogP contribution in [0.5, 0.6) is 0 Å². The molecule has 28 heavy (non-hydrogen) atoms. The zero-order valence-corrected chi connectivity index (χ0v) is 17.7. The van der Waals surface area contributed by atoms with Crippen LogP contribution in [0.15, 0.2) is 18.6 Å². The Morgan fingerprint density at radius 2 is 2.11 bits per heavy atom. The molecule has 3 heterocycles. The molecule has 1 aliphatic heterocycles. The molecule has 0 saturated carbocycles. The van der Waals surface area contributed by atoms with Gasteiger partial charge in [-0.2, -0.15) is 0 Å². The minimum atomic E-state index is -0.529. The number of aromatic amines is 1. The van der Waals surface area contributed by atoms with Crippen molar-refractivity contribution in [2.75, 3.05) is 18.1 Å². The molecule has 8 nitrogen and oxygen atoms in total. The Kier molecular flexibility index (Phi) is 5.52. The Hall–Kier alpha value is -2.35. The topological polar surface area (TPSA) is 95.2 Å². The summed E-state index contributed by atoms with van der Waals surface area (Å²) in [4.78, 5) is 24.3. The monoisotopic (exact) mass is 388 g/mol. The zero-order chi connectivity index (χ0) is 20.5. The van der Waals surface area contributed by atoms with Crippen LogP contribution in [0.1, 0.15) is 48.0 Å². The molecular weight excluding hydrogens is 356 g/mol. The van der Waals surface area contributed by atoms with Gasteiger partial charge in [-0.1, -0.05) is 20.8 Å². The van der Waals surface area contributed by atoms with Crippen molar-refractivity contribution in [1.82, 2.24) is 25.7 Å². The number of aromatic nitrogens is 3. The molecule has 1 amide bonds. The van der Waals surface area contributed by atoms with Gasteiger partial charge in [0, 0.05) is 12.7 Å². The molecule has 2 unspecified atom stereocenters. The summed E-state index contributed by atoms with van der Waals surface area (Å²) in [6.45, 7) is 13.7. The van der Waals surface area contributed by atoms with Crippen molar-refractivity contribution < 1.29 is 9.53 Å². The van der Waals surface area contributed by atoms with Gasteiger partial charge >= 0.3 is 6.09 Å². The van der Waals surface area contributed by atoms with Crippen LogP contribution in [0.4, 0.5) is 10.6 Å². The van der Waals surface area contributed by atoms with Crippen molar-refractivity contribution in [2.24, 2.45) is 11.3 Å². The lowest BCUT2D eigenvalue weighted by atomic mass is 9.76. The second-order valence-electron chi connectivity index (χ2n) is 9.35. The highest BCUT2D eigenvalue weighted by atomic mass is 16.6. The van der Waals surface area contributed by atoms with E-state index < -0.39 is 11.7 Å². The van der Waals surface area contributed by atoms with Crippen molar-refractivity contribution in [1.29, 1.82) is 0 Å². The number of carbonyl (C=O) groups excluding carboxylic acids is 1. The standard InChI is InChI=1S/C20H32N6O2/c1-13-9-14(25-18(27)28-19(2,3)4)10-26(24-11-20(13,5)6)17-15-7-8-21-16(15)22-12-23-17/h7-8,12-14,24H,9-11H2,1-6H3,(H,25,27)(H,21,22,23). The maximum Gasteiger partial charge on any atom is 0.407 e. The Bertz CT molecular complexity index is 825. The smallest absolute Gasteiger partial charge is 0.407 e. The normalized spacial score (nSPS) is 23.1. The Morgan fingerprint density at radius 1 is 1.36 bits per heavy atom. The average molecular weight is 389 g/mol. The number of hydrogen-bond acceptors (Lipinski definition) is 6. The number of fused-ring (bicyclic) bond motifs is 1. The highest BCUT2D eigenvalue weighted by Gasteiger charge is 2.34. The summed E-state index contributed by atoms with van der Waals surface area (Å²) < 4.78 is 5.48. The largest absolute Gasteiger partial charge is 0.444 e. The molecule has 0 aromatic carbocycles. The molecular formula is C20H32N6O2. The molecule has 2 aromatic heterocycles. The van der Waals surface area contributed by atoms with Crippen LogP contribution in [-0.4, -0.2) is 45.8 Å². The van der Waals surface area contributed by atoms with Crippen LogP contribution < -0.4 is 15.8 Å². The van der Waals surface area contributed by atoms with Crippen molar-refractivity contribution in [2.45, 2.75) is 59.6 Å². The van der Waals surface area contributed by atoms with E-state index in [1.165, 1.54) is 0 Å². The molecule has 1 aliphatic rings. The number of carbonyl (C=O) groups is 1. The number of amides is 1. The fourth-order valence-electron chi connectivity index (χ4n) is 3.39. The highest BCUT2D eigenvalue weighted by molar-refractivity contribution is 5.87. The highest BCUT2D eigenvalue weighted by Crippen LogP contribution is 2.32. The van der Waals surface area contributed by atoms with Gasteiger partial charge < -0.3 is 15.0 Å². The van der Waals surface area contributed by atoms with E-state index in [1.807, 2.05) is 38.0 Å². The van der Waals surface area contributed by atoms with Gasteiger partial charge in [-0.25, -0.2) is 20.2 Å². The maximum absolute atomic E-state index is 12.4. The third-order valence-electron chi connectivity index (χ3n) is 5.41. The van der Waals surface area contributed by atoms with E-state index in [4.69, 9.17) is 4.74 Å². The Labute approximate surface area is 166 Å². The fourth-order valence-corrected chi connectivity index (χ4v) is 3.39. The molecule has 1 fully saturated rings. The van der Waals surface area contributed by atoms with Gasteiger partial charge in [0.25, 0.3) is 0 Å². The Morgan fingerprint density at radius 3 is 2.82 bits per heavy atom. The maximum atomic E-state index is 12.4. The van der Waals surface area contributed by atoms with E-state index in [9.17, 15) is 4.79 Å². The summed E-state index contributed by atoms with van der Waals surface area (Å²) in [7, 11) is 0. The molecule has 0 aliphatic carbocycles. The van der Waals surface area contributed by atoms with Crippen LogP contribution in [0.25, 0.3) is 11.0 Å². The van der Waals surface area contributed by atoms with Crippen LogP contribution in [0, 0.1) is 11.3 Å². The Balaban J connectivity index is 1.86. The summed E-state index contributed by atoms with van der Waals surface area (Å²) in [5.74, 6) is 1.22. The first kappa shape index (κ1) is 20.4. The summed E-state index contributed by atoms with van der Waals surface area (Å²) >= 11 is 0. The second-order valence-corrected chi connectivity index (χ2v) is 9.35. The molecule has 3 rings (SSSR count). The van der Waals surface area contributed by atoms with E-state index in [1.54, 1.807) is 6.33 Å². The minimum absolute atomic E-state index is 0.0524. The van der Waals surface area contributed by atoms with Gasteiger partial charge in [-0.05, 0) is 44.6 Å². The van der Waals surface area contributed by atoms with Gasteiger partial charge in [0.2, 0.25) is 0 Å². The molecule has 0 radical (unpaired) electrons. The molecule has 1 saturated heterocycles. The lowest BCUT2D eigenvalue weighted by Crippen LogP contribution is -2.56. The third kappa shape index (κ3) is 4.73. The van der Waals surface area contributed by atoms with Crippen molar-refractivity contribution in [3.05, 3.63) is 18.6 Å². The van der Waals surface area contributed by atoms with E-state index in [0.29, 0.717) is 12.5 Å². The molecule has 8 heteroatoms. The third-order valence-corrected chi connectivity index (χ3v) is 5.41. The number of H-pyrrole nitrogens is 1. The number of ether oxygens (including phenoxy) is 1. The zero-order valence-electron chi connectivity index (χ0n) is 17.7. The number of hydrogen-bond donors (Lipinski definition) is 3. The van der Waals surface area contributed by atoms with Crippen molar-refractivity contribution in [3.8, 4) is 0 Å². The van der Waals surface area contributed by atoms with Gasteiger partial charge in [-0.3, -0.25) is 5.01 Å². The van der Waals surface area contributed by atoms with Crippen LogP contribution in [-0.2, 0) is 4.74 Å². The van der Waals surface area contributed by atoms with Crippen LogP contribution >= 0.6 is 0 Å². The summed E-state index contributed by atoms with van der Waals surface area (Å²) in [6, 6.07) is 1.88. The predicted octanol–water partition coefficient (Wildman–Crippen LogP) is 3.23. The molecule has 3 N–H and O–H groups in total. The SMILES string of the molecule is CC1CC(NC(=O)OC(C)(C)C)CN(c2ncnc3[nH]ccc23)NCC1(C)C. The quantitative estimate of drug-likeness (QED) is 0.731. The van der Waals surface area contributed by atoms with Crippen molar-refractivity contribution in [3.63, 3.8) is 0 Å². The number of hydrazine groups is 1. The first-order chi connectivity index (χ1) is 13.0. The first-order valence-electron chi connectivity index (χ1n) is 9.84. The second kappa shape index (κ2) is 7.58. The number of nitrogens with zero attached hydrogens (tertiary/aromatic N) is 3. The molecule has 2 atom stereocenters. The number of rotatable bonds is 2. The van der Waals surface area contributed by atoms with Crippen LogP contribution in [0.2, 0.25) is 0 Å². The lowest BCUT2D eigenvalue weighted by molar-refractivity contribution is 0.0484. The number of nitrogens with one attached hydrogen (secondary N) is 3. The van der Waals surface area contributed by atoms with Gasteiger partial charge in [0.15, 0.2) is 5.82 Å². The molecule has 0 spiro atoms. The summed E-state index contributed by atoms with van der Waals surface area (Å²) in [5.41, 5.74) is 3.84. The fraction of sp³-hybridized carbons (Fsp3) is 0.650. The first-order valence-corrected chi connectivity index (χ1v) is 9.84. The van der Waals surface area contributed by atoms with E-state index in [2.05, 4.69) is 46.5 Å². The van der Waals surface area contributed by atoms with Crippen molar-refractivity contribution >= 4 is 22.9 Å².